The van der Waals surface area contributed by atoms with E-state index < -0.39 is 0 Å². The zero-order chi connectivity index (χ0) is 17.8. The van der Waals surface area contributed by atoms with Crippen molar-refractivity contribution in [3.05, 3.63) is 51.5 Å². The molecule has 25 heavy (non-hydrogen) atoms. The third-order valence-corrected chi connectivity index (χ3v) is 4.45. The Morgan fingerprint density at radius 1 is 1.12 bits per heavy atom. The van der Waals surface area contributed by atoms with E-state index in [-0.39, 0.29) is 29.4 Å². The van der Waals surface area contributed by atoms with E-state index >= 15 is 0 Å². The molecule has 1 N–H and O–H groups in total. The van der Waals surface area contributed by atoms with Crippen LogP contribution in [-0.2, 0) is 4.79 Å². The number of rotatable bonds is 5. The summed E-state index contributed by atoms with van der Waals surface area (Å²) in [5.74, 6) is 1.33. The minimum absolute atomic E-state index is 0.207. The summed E-state index contributed by atoms with van der Waals surface area (Å²) in [5.41, 5.74) is 0. The van der Waals surface area contributed by atoms with Crippen LogP contribution < -0.4 is 19.5 Å². The lowest BCUT2D eigenvalue weighted by Gasteiger charge is -2.26. The van der Waals surface area contributed by atoms with E-state index in [0.29, 0.717) is 34.7 Å². The van der Waals surface area contributed by atoms with Crippen LogP contribution in [0, 0.1) is 0 Å². The van der Waals surface area contributed by atoms with Gasteiger partial charge in [-0.1, -0.05) is 46.9 Å². The third kappa shape index (κ3) is 4.63. The summed E-state index contributed by atoms with van der Waals surface area (Å²) in [6, 6.07) is 10.3. The van der Waals surface area contributed by atoms with E-state index in [1.54, 1.807) is 0 Å². The largest absolute Gasteiger partial charge is 0.486 e. The van der Waals surface area contributed by atoms with E-state index in [0.717, 1.165) is 0 Å². The number of fused-ring (bicyclic) bond motifs is 1. The van der Waals surface area contributed by atoms with E-state index in [1.807, 2.05) is 24.3 Å². The van der Waals surface area contributed by atoms with Crippen molar-refractivity contribution in [1.29, 1.82) is 0 Å². The van der Waals surface area contributed by atoms with Crippen LogP contribution in [0.15, 0.2) is 36.4 Å². The normalized spacial score (nSPS) is 15.6. The fourth-order valence-corrected chi connectivity index (χ4v) is 2.79. The van der Waals surface area contributed by atoms with Crippen molar-refractivity contribution in [3.63, 3.8) is 0 Å². The fraction of sp³-hybridized carbons (Fsp3) is 0.235. The lowest BCUT2D eigenvalue weighted by Crippen LogP contribution is -2.42. The van der Waals surface area contributed by atoms with Gasteiger partial charge in [-0.25, -0.2) is 0 Å². The number of nitrogens with one attached hydrogen (secondary N) is 1. The van der Waals surface area contributed by atoms with E-state index in [4.69, 9.17) is 49.0 Å². The number of ether oxygens (including phenoxy) is 3. The highest BCUT2D eigenvalue weighted by molar-refractivity contribution is 6.43. The van der Waals surface area contributed by atoms with Crippen molar-refractivity contribution in [2.24, 2.45) is 0 Å². The molecule has 2 aromatic rings. The smallest absolute Gasteiger partial charge is 0.258 e. The molecule has 1 aliphatic rings. The van der Waals surface area contributed by atoms with Crippen molar-refractivity contribution < 1.29 is 19.0 Å². The molecule has 0 aromatic heterocycles. The highest BCUT2D eigenvalue weighted by atomic mass is 35.5. The van der Waals surface area contributed by atoms with Gasteiger partial charge in [-0.2, -0.15) is 0 Å². The molecule has 0 unspecified atom stereocenters. The second-order valence-corrected chi connectivity index (χ2v) is 6.51. The summed E-state index contributed by atoms with van der Waals surface area (Å²) in [7, 11) is 0. The molecular weight excluding hydrogens is 389 g/mol. The third-order valence-electron chi connectivity index (χ3n) is 3.43. The van der Waals surface area contributed by atoms with Crippen LogP contribution in [0.25, 0.3) is 0 Å². The Labute approximate surface area is 159 Å². The van der Waals surface area contributed by atoms with Crippen LogP contribution in [0.1, 0.15) is 0 Å². The van der Waals surface area contributed by atoms with Crippen LogP contribution in [0.5, 0.6) is 17.2 Å². The van der Waals surface area contributed by atoms with Gasteiger partial charge in [-0.15, -0.1) is 0 Å². The number of carbonyl (C=O) groups excluding carboxylic acids is 1. The molecular formula is C17H14Cl3NO4. The predicted molar refractivity (Wildman–Crippen MR) is 96.3 cm³/mol. The molecule has 0 saturated heterocycles. The summed E-state index contributed by atoms with van der Waals surface area (Å²) >= 11 is 17.7. The molecule has 1 atom stereocenters. The summed E-state index contributed by atoms with van der Waals surface area (Å²) in [4.78, 5) is 11.9. The Morgan fingerprint density at radius 3 is 2.64 bits per heavy atom. The molecule has 1 aliphatic heterocycles. The molecule has 0 bridgehead atoms. The number of amides is 1. The Balaban J connectivity index is 1.47. The fourth-order valence-electron chi connectivity index (χ4n) is 2.20. The molecule has 0 spiro atoms. The second kappa shape index (κ2) is 8.04. The van der Waals surface area contributed by atoms with Gasteiger partial charge in [-0.3, -0.25) is 4.79 Å². The van der Waals surface area contributed by atoms with Gasteiger partial charge in [-0.05, 0) is 18.2 Å². The average molecular weight is 403 g/mol. The summed E-state index contributed by atoms with van der Waals surface area (Å²) in [6.07, 6.45) is -0.271. The van der Waals surface area contributed by atoms with Crippen molar-refractivity contribution in [2.75, 3.05) is 19.8 Å². The Bertz CT molecular complexity index is 784. The zero-order valence-electron chi connectivity index (χ0n) is 12.9. The maximum Gasteiger partial charge on any atom is 0.258 e. The Kier molecular flexibility index (Phi) is 5.78. The maximum absolute atomic E-state index is 11.9. The van der Waals surface area contributed by atoms with Gasteiger partial charge < -0.3 is 19.5 Å². The first kappa shape index (κ1) is 18.0. The van der Waals surface area contributed by atoms with Crippen molar-refractivity contribution in [1.82, 2.24) is 5.32 Å². The average Bonchev–Trinajstić information content (AvgIpc) is 2.61. The standard InChI is InChI=1S/C17H14Cl3NO4/c18-11-5-13(20)16(6-12(11)19)24-9-17(22)21-7-10-8-23-14-3-1-2-4-15(14)25-10/h1-6,10H,7-9H2,(H,21,22)/t10-/m1/s1. The van der Waals surface area contributed by atoms with Gasteiger partial charge in [0.05, 0.1) is 21.6 Å². The molecule has 3 rings (SSSR count). The molecule has 5 nitrogen and oxygen atoms in total. The number of hydrogen-bond acceptors (Lipinski definition) is 4. The first-order valence-corrected chi connectivity index (χ1v) is 8.59. The number of hydrogen-bond donors (Lipinski definition) is 1. The van der Waals surface area contributed by atoms with Crippen LogP contribution in [0.4, 0.5) is 0 Å². The highest BCUT2D eigenvalue weighted by Crippen LogP contribution is 2.34. The summed E-state index contributed by atoms with van der Waals surface area (Å²) in [5, 5.41) is 3.62. The lowest BCUT2D eigenvalue weighted by molar-refractivity contribution is -0.123. The first-order chi connectivity index (χ1) is 12.0. The van der Waals surface area contributed by atoms with Crippen molar-refractivity contribution in [2.45, 2.75) is 6.10 Å². The minimum Gasteiger partial charge on any atom is -0.486 e. The van der Waals surface area contributed by atoms with E-state index in [2.05, 4.69) is 5.32 Å². The van der Waals surface area contributed by atoms with Gasteiger partial charge in [0.2, 0.25) is 0 Å². The van der Waals surface area contributed by atoms with Gasteiger partial charge in [0.15, 0.2) is 18.1 Å². The highest BCUT2D eigenvalue weighted by Gasteiger charge is 2.21. The SMILES string of the molecule is O=C(COc1cc(Cl)c(Cl)cc1Cl)NC[C@@H]1COc2ccccc2O1. The minimum atomic E-state index is -0.315. The molecule has 8 heteroatoms. The topological polar surface area (TPSA) is 56.8 Å². The second-order valence-electron chi connectivity index (χ2n) is 5.29. The first-order valence-electron chi connectivity index (χ1n) is 7.45. The molecule has 0 saturated carbocycles. The van der Waals surface area contributed by atoms with Crippen LogP contribution in [0.3, 0.4) is 0 Å². The number of carbonyl (C=O) groups is 1. The van der Waals surface area contributed by atoms with Gasteiger partial charge >= 0.3 is 0 Å². The molecule has 0 fully saturated rings. The summed E-state index contributed by atoms with van der Waals surface area (Å²) < 4.78 is 16.7. The predicted octanol–water partition coefficient (Wildman–Crippen LogP) is 3.98. The van der Waals surface area contributed by atoms with Crippen molar-refractivity contribution >= 4 is 40.7 Å². The maximum atomic E-state index is 11.9. The Morgan fingerprint density at radius 2 is 1.84 bits per heavy atom. The van der Waals surface area contributed by atoms with Gasteiger partial charge in [0.1, 0.15) is 18.5 Å². The van der Waals surface area contributed by atoms with Crippen LogP contribution >= 0.6 is 34.8 Å². The van der Waals surface area contributed by atoms with Crippen LogP contribution in [0.2, 0.25) is 15.1 Å². The zero-order valence-corrected chi connectivity index (χ0v) is 15.2. The Hall–Kier alpha value is -1.82. The van der Waals surface area contributed by atoms with Crippen LogP contribution in [-0.4, -0.2) is 31.8 Å². The van der Waals surface area contributed by atoms with E-state index in [1.165, 1.54) is 12.1 Å². The molecule has 2 aromatic carbocycles. The van der Waals surface area contributed by atoms with Gasteiger partial charge in [0.25, 0.3) is 5.91 Å². The summed E-state index contributed by atoms with van der Waals surface area (Å²) in [6.45, 7) is 0.449. The van der Waals surface area contributed by atoms with Gasteiger partial charge in [0, 0.05) is 6.07 Å². The molecule has 0 aliphatic carbocycles. The molecule has 132 valence electrons. The van der Waals surface area contributed by atoms with Crippen molar-refractivity contribution in [3.8, 4) is 17.2 Å². The molecule has 0 radical (unpaired) electrons. The van der Waals surface area contributed by atoms with E-state index in [9.17, 15) is 4.79 Å². The monoisotopic (exact) mass is 401 g/mol. The number of halogens is 3. The molecule has 1 heterocycles. The number of para-hydroxylation sites is 2. The number of benzene rings is 2. The lowest BCUT2D eigenvalue weighted by atomic mass is 10.2. The quantitative estimate of drug-likeness (QED) is 0.769. The molecule has 1 amide bonds.